The van der Waals surface area contributed by atoms with Crippen molar-refractivity contribution in [2.45, 2.75) is 25.5 Å². The van der Waals surface area contributed by atoms with E-state index in [9.17, 15) is 39.5 Å². The van der Waals surface area contributed by atoms with Gasteiger partial charge in [-0.25, -0.2) is 24.4 Å². The van der Waals surface area contributed by atoms with Gasteiger partial charge in [0.15, 0.2) is 5.82 Å². The monoisotopic (exact) mass is 694 g/mol. The number of aromatic nitrogens is 5. The van der Waals surface area contributed by atoms with Gasteiger partial charge in [0, 0.05) is 34.4 Å². The number of benzene rings is 2. The smallest absolute Gasteiger partial charge is 0.475 e. The van der Waals surface area contributed by atoms with E-state index in [1.54, 1.807) is 12.4 Å². The Balaban J connectivity index is 0.000000313. The average molecular weight is 694 g/mol. The van der Waals surface area contributed by atoms with Gasteiger partial charge in [0.25, 0.3) is 0 Å². The third kappa shape index (κ3) is 11.7. The molecular formula is C27H19F9N6O6. The van der Waals surface area contributed by atoms with Crippen LogP contribution in [-0.2, 0) is 14.4 Å². The molecule has 21 heteroatoms. The number of aryl methyl sites for hydroxylation is 1. The van der Waals surface area contributed by atoms with Gasteiger partial charge in [-0.05, 0) is 55.0 Å². The van der Waals surface area contributed by atoms with Crippen LogP contribution in [0.15, 0.2) is 67.1 Å². The summed E-state index contributed by atoms with van der Waals surface area (Å²) >= 11 is 0. The minimum absolute atomic E-state index is 0.646. The Hall–Kier alpha value is -6.02. The first-order chi connectivity index (χ1) is 22.1. The number of aliphatic carboxylic acids is 3. The number of rotatable bonds is 3. The number of H-pyrrole nitrogens is 1. The lowest BCUT2D eigenvalue weighted by Gasteiger charge is -2.11. The molecule has 256 valence electrons. The average Bonchev–Trinajstić information content (AvgIpc) is 3.45. The number of carboxylic acids is 3. The molecule has 0 amide bonds. The zero-order chi connectivity index (χ0) is 36.4. The van der Waals surface area contributed by atoms with E-state index in [0.717, 1.165) is 44.4 Å². The van der Waals surface area contributed by atoms with Crippen LogP contribution >= 0.6 is 0 Å². The highest BCUT2D eigenvalue weighted by atomic mass is 19.4. The number of carboxylic acid groups (broad SMARTS) is 3. The molecule has 48 heavy (non-hydrogen) atoms. The quantitative estimate of drug-likeness (QED) is 0.129. The van der Waals surface area contributed by atoms with Crippen LogP contribution in [0.2, 0.25) is 0 Å². The fraction of sp³-hybridized carbons (Fsp3) is 0.148. The van der Waals surface area contributed by atoms with Gasteiger partial charge in [0.1, 0.15) is 5.82 Å². The van der Waals surface area contributed by atoms with Crippen LogP contribution < -0.4 is 5.32 Å². The molecule has 0 aliphatic carbocycles. The minimum Gasteiger partial charge on any atom is -0.475 e. The number of hydrogen-bond donors (Lipinski definition) is 5. The summed E-state index contributed by atoms with van der Waals surface area (Å²) < 4.78 is 95.2. The molecule has 0 fully saturated rings. The van der Waals surface area contributed by atoms with E-state index >= 15 is 0 Å². The summed E-state index contributed by atoms with van der Waals surface area (Å²) in [6.07, 6.45) is -9.92. The van der Waals surface area contributed by atoms with Gasteiger partial charge in [-0.15, -0.1) is 0 Å². The van der Waals surface area contributed by atoms with Crippen molar-refractivity contribution < 1.29 is 69.2 Å². The molecule has 3 heterocycles. The third-order valence-electron chi connectivity index (χ3n) is 5.20. The lowest BCUT2D eigenvalue weighted by molar-refractivity contribution is -0.193. The number of fused-ring (bicyclic) bond motifs is 2. The van der Waals surface area contributed by atoms with Gasteiger partial charge in [-0.2, -0.15) is 44.6 Å². The summed E-state index contributed by atoms with van der Waals surface area (Å²) in [6.45, 7) is 2.06. The SMILES string of the molecule is Cc1ccc2c(Nc3ccc4[nH]ncc4c3)nc(-c3cccnc3)nc2c1.O=C(O)C(F)(F)F.O=C(O)C(F)(F)F.O=C(O)C(F)(F)F. The summed E-state index contributed by atoms with van der Waals surface area (Å²) in [5, 5.41) is 33.9. The first-order valence-electron chi connectivity index (χ1n) is 12.4. The van der Waals surface area contributed by atoms with Crippen LogP contribution in [0.25, 0.3) is 33.2 Å². The Kier molecular flexibility index (Phi) is 12.3. The molecule has 0 unspecified atom stereocenters. The predicted octanol–water partition coefficient (Wildman–Crippen LogP) is 6.52. The molecule has 0 spiro atoms. The molecule has 0 atom stereocenters. The maximum Gasteiger partial charge on any atom is 0.490 e. The van der Waals surface area contributed by atoms with Gasteiger partial charge in [0.2, 0.25) is 0 Å². The van der Waals surface area contributed by atoms with E-state index in [-0.39, 0.29) is 0 Å². The summed E-state index contributed by atoms with van der Waals surface area (Å²) in [6, 6.07) is 16.1. The molecule has 12 nitrogen and oxygen atoms in total. The van der Waals surface area contributed by atoms with Gasteiger partial charge >= 0.3 is 36.4 Å². The van der Waals surface area contributed by atoms with E-state index in [0.29, 0.717) is 5.82 Å². The van der Waals surface area contributed by atoms with Crippen LogP contribution in [0.5, 0.6) is 0 Å². The molecule has 0 bridgehead atoms. The van der Waals surface area contributed by atoms with Crippen molar-refractivity contribution in [3.8, 4) is 11.4 Å². The second-order valence-corrected chi connectivity index (χ2v) is 8.86. The van der Waals surface area contributed by atoms with Crippen LogP contribution in [0.3, 0.4) is 0 Å². The Morgan fingerprint density at radius 3 is 1.81 bits per heavy atom. The third-order valence-corrected chi connectivity index (χ3v) is 5.20. The van der Waals surface area contributed by atoms with Crippen molar-refractivity contribution in [3.05, 3.63) is 72.7 Å². The van der Waals surface area contributed by atoms with Crippen molar-refractivity contribution in [3.63, 3.8) is 0 Å². The van der Waals surface area contributed by atoms with Crippen molar-refractivity contribution in [1.29, 1.82) is 0 Å². The first kappa shape index (κ1) is 38.2. The van der Waals surface area contributed by atoms with E-state index in [4.69, 9.17) is 39.7 Å². The molecule has 2 aromatic carbocycles. The predicted molar refractivity (Wildman–Crippen MR) is 148 cm³/mol. The number of pyridine rings is 1. The molecule has 5 N–H and O–H groups in total. The number of nitrogens with zero attached hydrogens (tertiary/aromatic N) is 4. The molecule has 0 saturated carbocycles. The molecule has 5 rings (SSSR count). The molecule has 0 aliphatic rings. The fourth-order valence-corrected chi connectivity index (χ4v) is 3.12. The normalized spacial score (nSPS) is 11.2. The second kappa shape index (κ2) is 15.5. The van der Waals surface area contributed by atoms with E-state index in [1.807, 2.05) is 36.5 Å². The van der Waals surface area contributed by atoms with E-state index < -0.39 is 36.4 Å². The van der Waals surface area contributed by atoms with Gasteiger partial charge in [-0.1, -0.05) is 6.07 Å². The highest BCUT2D eigenvalue weighted by Gasteiger charge is 2.39. The lowest BCUT2D eigenvalue weighted by atomic mass is 10.1. The van der Waals surface area contributed by atoms with Crippen molar-refractivity contribution >= 4 is 51.2 Å². The van der Waals surface area contributed by atoms with Gasteiger partial charge in [-0.3, -0.25) is 10.1 Å². The Morgan fingerprint density at radius 2 is 1.31 bits per heavy atom. The standard InChI is InChI=1S/C21H16N6.3C2HF3O2/c1-13-4-6-17-19(9-13)25-20(14-3-2-8-22-11-14)26-21(17)24-16-5-7-18-15(10-16)12-23-27-18;3*3-2(4,5)1(6)7/h2-12H,1H3,(H,23,27)(H,24,25,26);3*(H,6,7). The Labute approximate surface area is 260 Å². The summed E-state index contributed by atoms with van der Waals surface area (Å²) in [7, 11) is 0. The largest absolute Gasteiger partial charge is 0.490 e. The molecule has 3 aromatic heterocycles. The second-order valence-electron chi connectivity index (χ2n) is 8.86. The highest BCUT2D eigenvalue weighted by Crippen LogP contribution is 2.29. The molecular weight excluding hydrogens is 675 g/mol. The van der Waals surface area contributed by atoms with Crippen LogP contribution in [0.4, 0.5) is 51.0 Å². The van der Waals surface area contributed by atoms with Crippen LogP contribution in [-0.4, -0.2) is 76.9 Å². The van der Waals surface area contributed by atoms with Gasteiger partial charge < -0.3 is 20.6 Å². The number of carbonyl (C=O) groups is 3. The molecule has 0 radical (unpaired) electrons. The number of nitrogens with one attached hydrogen (secondary N) is 2. The molecule has 5 aromatic rings. The topological polar surface area (TPSA) is 191 Å². The minimum atomic E-state index is -5.08. The van der Waals surface area contributed by atoms with Gasteiger partial charge in [0.05, 0.1) is 17.2 Å². The van der Waals surface area contributed by atoms with E-state index in [2.05, 4.69) is 45.6 Å². The Bertz CT molecular complexity index is 1820. The zero-order valence-electron chi connectivity index (χ0n) is 23.6. The zero-order valence-corrected chi connectivity index (χ0v) is 23.6. The number of alkyl halides is 9. The highest BCUT2D eigenvalue weighted by molar-refractivity contribution is 5.93. The number of anilines is 2. The molecule has 0 aliphatic heterocycles. The van der Waals surface area contributed by atoms with Crippen LogP contribution in [0, 0.1) is 6.92 Å². The van der Waals surface area contributed by atoms with E-state index in [1.165, 1.54) is 0 Å². The fourth-order valence-electron chi connectivity index (χ4n) is 3.12. The number of halogens is 9. The summed E-state index contributed by atoms with van der Waals surface area (Å²) in [5.74, 6) is -6.86. The van der Waals surface area contributed by atoms with Crippen molar-refractivity contribution in [1.82, 2.24) is 25.1 Å². The first-order valence-corrected chi connectivity index (χ1v) is 12.4. The molecule has 0 saturated heterocycles. The lowest BCUT2D eigenvalue weighted by Crippen LogP contribution is -2.21. The summed E-state index contributed by atoms with van der Waals surface area (Å²) in [5.41, 5.74) is 4.88. The Morgan fingerprint density at radius 1 is 0.750 bits per heavy atom. The summed E-state index contributed by atoms with van der Waals surface area (Å²) in [4.78, 5) is 40.4. The van der Waals surface area contributed by atoms with Crippen molar-refractivity contribution in [2.75, 3.05) is 5.32 Å². The van der Waals surface area contributed by atoms with Crippen molar-refractivity contribution in [2.24, 2.45) is 0 Å². The maximum atomic E-state index is 10.6. The maximum absolute atomic E-state index is 10.6. The number of aromatic amines is 1. The van der Waals surface area contributed by atoms with Crippen LogP contribution in [0.1, 0.15) is 5.56 Å². The number of hydrogen-bond acceptors (Lipinski definition) is 8.